The summed E-state index contributed by atoms with van der Waals surface area (Å²) in [4.78, 5) is 15.0. The molecule has 1 amide bonds. The monoisotopic (exact) mass is 565 g/mol. The van der Waals surface area contributed by atoms with Crippen molar-refractivity contribution in [2.45, 2.75) is 13.5 Å². The molecular weight excluding hydrogens is 545 g/mol. The second kappa shape index (κ2) is 11.1. The number of amides is 1. The van der Waals surface area contributed by atoms with E-state index in [1.54, 1.807) is 17.0 Å². The highest BCUT2D eigenvalue weighted by atomic mass is 35.5. The van der Waals surface area contributed by atoms with Crippen molar-refractivity contribution >= 4 is 63.5 Å². The first-order valence-electron chi connectivity index (χ1n) is 11.5. The van der Waals surface area contributed by atoms with Gasteiger partial charge in [-0.15, -0.1) is 0 Å². The predicted octanol–water partition coefficient (Wildman–Crippen LogP) is 7.65. The molecule has 5 nitrogen and oxygen atoms in total. The molecule has 37 heavy (non-hydrogen) atoms. The van der Waals surface area contributed by atoms with Gasteiger partial charge >= 0.3 is 0 Å². The molecule has 0 bridgehead atoms. The molecule has 0 aliphatic carbocycles. The van der Waals surface area contributed by atoms with Crippen molar-refractivity contribution in [3.8, 4) is 22.7 Å². The molecule has 5 rings (SSSR count). The predicted molar refractivity (Wildman–Crippen MR) is 155 cm³/mol. The zero-order valence-electron chi connectivity index (χ0n) is 19.7. The fraction of sp³-hybridized carbons (Fsp3) is 0.107. The standard InChI is InChI=1S/C28H21Cl2N3O2S2/c1-2-32-27(34)25(37-28(32)36)14-20-16-33(22-6-4-3-5-7-22)31-26(20)18-9-12-23(13-10-18)35-17-19-8-11-21(29)15-24(19)30/h3-16H,2,17H2,1H3. The molecule has 3 aromatic carbocycles. The zero-order valence-corrected chi connectivity index (χ0v) is 22.9. The quantitative estimate of drug-likeness (QED) is 0.170. The van der Waals surface area contributed by atoms with Gasteiger partial charge in [0.25, 0.3) is 5.91 Å². The second-order valence-corrected chi connectivity index (χ2v) is 10.7. The number of aromatic nitrogens is 2. The summed E-state index contributed by atoms with van der Waals surface area (Å²) in [6, 6.07) is 22.9. The normalized spacial score (nSPS) is 14.6. The number of likely N-dealkylation sites (N-methyl/N-ethyl adjacent to an activating group) is 1. The van der Waals surface area contributed by atoms with E-state index in [9.17, 15) is 4.79 Å². The van der Waals surface area contributed by atoms with Crippen molar-refractivity contribution < 1.29 is 9.53 Å². The number of thiocarbonyl (C=S) groups is 1. The Hall–Kier alpha value is -3.10. The Labute approximate surface area is 234 Å². The fourth-order valence-electron chi connectivity index (χ4n) is 3.85. The molecule has 1 aliphatic rings. The molecule has 1 aromatic heterocycles. The minimum Gasteiger partial charge on any atom is -0.489 e. The Balaban J connectivity index is 1.45. The summed E-state index contributed by atoms with van der Waals surface area (Å²) in [6.07, 6.45) is 3.79. The van der Waals surface area contributed by atoms with E-state index in [2.05, 4.69) is 0 Å². The first-order valence-corrected chi connectivity index (χ1v) is 13.5. The third-order valence-corrected chi connectivity index (χ3v) is 7.74. The van der Waals surface area contributed by atoms with Gasteiger partial charge in [0.15, 0.2) is 0 Å². The van der Waals surface area contributed by atoms with Crippen LogP contribution in [0.3, 0.4) is 0 Å². The molecule has 1 fully saturated rings. The van der Waals surface area contributed by atoms with E-state index >= 15 is 0 Å². The number of thioether (sulfide) groups is 1. The molecule has 9 heteroatoms. The van der Waals surface area contributed by atoms with Crippen molar-refractivity contribution in [1.29, 1.82) is 0 Å². The lowest BCUT2D eigenvalue weighted by Gasteiger charge is -2.09. The molecular formula is C28H21Cl2N3O2S2. The summed E-state index contributed by atoms with van der Waals surface area (Å²) in [6.45, 7) is 2.78. The van der Waals surface area contributed by atoms with E-state index in [1.807, 2.05) is 84.5 Å². The third-order valence-electron chi connectivity index (χ3n) is 5.78. The van der Waals surface area contributed by atoms with E-state index < -0.39 is 0 Å². The van der Waals surface area contributed by atoms with Crippen LogP contribution in [0.1, 0.15) is 18.1 Å². The minimum absolute atomic E-state index is 0.0829. The number of hydrogen-bond donors (Lipinski definition) is 0. The fourth-order valence-corrected chi connectivity index (χ4v) is 5.69. The molecule has 1 saturated heterocycles. The maximum absolute atomic E-state index is 12.8. The van der Waals surface area contributed by atoms with Gasteiger partial charge in [-0.2, -0.15) is 5.10 Å². The van der Waals surface area contributed by atoms with Crippen LogP contribution in [0.25, 0.3) is 23.0 Å². The van der Waals surface area contributed by atoms with Crippen LogP contribution in [-0.4, -0.2) is 31.5 Å². The van der Waals surface area contributed by atoms with Crippen molar-refractivity contribution in [1.82, 2.24) is 14.7 Å². The number of rotatable bonds is 7. The van der Waals surface area contributed by atoms with E-state index in [-0.39, 0.29) is 5.91 Å². The van der Waals surface area contributed by atoms with Crippen LogP contribution in [0.4, 0.5) is 0 Å². The molecule has 1 aliphatic heterocycles. The van der Waals surface area contributed by atoms with Gasteiger partial charge in [-0.1, -0.05) is 71.4 Å². The molecule has 0 N–H and O–H groups in total. The number of halogens is 2. The Morgan fingerprint density at radius 3 is 2.49 bits per heavy atom. The first-order chi connectivity index (χ1) is 17.9. The van der Waals surface area contributed by atoms with Crippen LogP contribution >= 0.6 is 47.2 Å². The molecule has 0 saturated carbocycles. The minimum atomic E-state index is -0.0829. The molecule has 0 atom stereocenters. The Bertz CT molecular complexity index is 1500. The van der Waals surface area contributed by atoms with Crippen LogP contribution in [0.5, 0.6) is 5.75 Å². The average molecular weight is 567 g/mol. The maximum atomic E-state index is 12.8. The molecule has 4 aromatic rings. The summed E-state index contributed by atoms with van der Waals surface area (Å²) >= 11 is 18.9. The van der Waals surface area contributed by atoms with E-state index in [4.69, 9.17) is 45.3 Å². The summed E-state index contributed by atoms with van der Waals surface area (Å²) in [5, 5.41) is 6.00. The number of carbonyl (C=O) groups excluding carboxylic acids is 1. The van der Waals surface area contributed by atoms with E-state index in [1.165, 1.54) is 11.8 Å². The summed E-state index contributed by atoms with van der Waals surface area (Å²) in [7, 11) is 0. The summed E-state index contributed by atoms with van der Waals surface area (Å²) in [5.74, 6) is 0.614. The second-order valence-electron chi connectivity index (χ2n) is 8.19. The highest BCUT2D eigenvalue weighted by molar-refractivity contribution is 8.26. The van der Waals surface area contributed by atoms with Gasteiger partial charge in [-0.05, 0) is 61.5 Å². The van der Waals surface area contributed by atoms with Gasteiger partial charge in [0.1, 0.15) is 16.7 Å². The van der Waals surface area contributed by atoms with Gasteiger partial charge in [0, 0.05) is 39.5 Å². The summed E-state index contributed by atoms with van der Waals surface area (Å²) in [5.41, 5.74) is 4.23. The smallest absolute Gasteiger partial charge is 0.266 e. The van der Waals surface area contributed by atoms with Gasteiger partial charge in [0.2, 0.25) is 0 Å². The summed E-state index contributed by atoms with van der Waals surface area (Å²) < 4.78 is 8.31. The molecule has 186 valence electrons. The molecule has 0 radical (unpaired) electrons. The maximum Gasteiger partial charge on any atom is 0.266 e. The van der Waals surface area contributed by atoms with Crippen LogP contribution in [0.15, 0.2) is 83.9 Å². The highest BCUT2D eigenvalue weighted by Crippen LogP contribution is 2.35. The zero-order chi connectivity index (χ0) is 25.9. The molecule has 0 unspecified atom stereocenters. The Kier molecular flexibility index (Phi) is 7.67. The lowest BCUT2D eigenvalue weighted by molar-refractivity contribution is -0.121. The number of nitrogens with zero attached hydrogens (tertiary/aromatic N) is 3. The van der Waals surface area contributed by atoms with Crippen LogP contribution < -0.4 is 4.74 Å². The average Bonchev–Trinajstić information content (AvgIpc) is 3.44. The Morgan fingerprint density at radius 2 is 1.81 bits per heavy atom. The first kappa shape index (κ1) is 25.5. The SMILES string of the molecule is CCN1C(=O)C(=Cc2cn(-c3ccccc3)nc2-c2ccc(OCc3ccc(Cl)cc3Cl)cc2)SC1=S. The van der Waals surface area contributed by atoms with Crippen molar-refractivity contribution in [3.63, 3.8) is 0 Å². The van der Waals surface area contributed by atoms with Gasteiger partial charge in [-0.3, -0.25) is 9.69 Å². The van der Waals surface area contributed by atoms with E-state index in [0.29, 0.717) is 38.2 Å². The van der Waals surface area contributed by atoms with Crippen LogP contribution in [-0.2, 0) is 11.4 Å². The van der Waals surface area contributed by atoms with Gasteiger partial charge < -0.3 is 4.74 Å². The lowest BCUT2D eigenvalue weighted by atomic mass is 10.1. The van der Waals surface area contributed by atoms with Crippen molar-refractivity contribution in [3.05, 3.63) is 105 Å². The molecule has 2 heterocycles. The number of para-hydroxylation sites is 1. The van der Waals surface area contributed by atoms with Crippen LogP contribution in [0, 0.1) is 0 Å². The van der Waals surface area contributed by atoms with E-state index in [0.717, 1.165) is 28.1 Å². The topological polar surface area (TPSA) is 47.4 Å². The number of benzene rings is 3. The third kappa shape index (κ3) is 5.60. The highest BCUT2D eigenvalue weighted by Gasteiger charge is 2.31. The van der Waals surface area contributed by atoms with Gasteiger partial charge in [0.05, 0.1) is 16.3 Å². The largest absolute Gasteiger partial charge is 0.489 e. The van der Waals surface area contributed by atoms with Crippen molar-refractivity contribution in [2.75, 3.05) is 6.54 Å². The number of ether oxygens (including phenoxy) is 1. The number of carbonyl (C=O) groups is 1. The van der Waals surface area contributed by atoms with Gasteiger partial charge in [-0.25, -0.2) is 4.68 Å². The van der Waals surface area contributed by atoms with Crippen molar-refractivity contribution in [2.24, 2.45) is 0 Å². The number of hydrogen-bond acceptors (Lipinski definition) is 5. The Morgan fingerprint density at radius 1 is 1.05 bits per heavy atom. The lowest BCUT2D eigenvalue weighted by Crippen LogP contribution is -2.27. The molecule has 0 spiro atoms. The van der Waals surface area contributed by atoms with Crippen LogP contribution in [0.2, 0.25) is 10.0 Å².